The van der Waals surface area contributed by atoms with Crippen molar-refractivity contribution in [1.29, 1.82) is 0 Å². The van der Waals surface area contributed by atoms with Crippen LogP contribution >= 0.6 is 0 Å². The fraction of sp³-hybridized carbons (Fsp3) is 0.304. The molecule has 1 heterocycles. The Bertz CT molecular complexity index is 1180. The number of fused-ring (bicyclic) bond motifs is 2. The number of benzene rings is 2. The minimum Gasteiger partial charge on any atom is -0.355 e. The van der Waals surface area contributed by atoms with Crippen molar-refractivity contribution in [2.45, 2.75) is 24.7 Å². The Morgan fingerprint density at radius 2 is 1.56 bits per heavy atom. The number of aryl methyl sites for hydroxylation is 2. The minimum absolute atomic E-state index is 0.185. The molecule has 0 bridgehead atoms. The molecule has 166 valence electrons. The molecule has 0 spiro atoms. The van der Waals surface area contributed by atoms with E-state index in [9.17, 15) is 14.4 Å². The zero-order valence-corrected chi connectivity index (χ0v) is 18.0. The molecule has 5 N–H and O–H groups in total. The van der Waals surface area contributed by atoms with Crippen molar-refractivity contribution in [1.82, 2.24) is 20.8 Å². The molecule has 1 aliphatic carbocycles. The molecule has 9 heteroatoms. The van der Waals surface area contributed by atoms with Gasteiger partial charge in [-0.1, -0.05) is 17.3 Å². The maximum absolute atomic E-state index is 12.3. The second-order valence-corrected chi connectivity index (χ2v) is 7.79. The second-order valence-electron chi connectivity index (χ2n) is 7.79. The Hall–Kier alpha value is -3.72. The molecule has 0 unspecified atom stereocenters. The number of H-pyrrole nitrogens is 1. The summed E-state index contributed by atoms with van der Waals surface area (Å²) in [5.41, 5.74) is 9.94. The Labute approximate surface area is 184 Å². The lowest BCUT2D eigenvalue weighted by molar-refractivity contribution is 0.0955. The molecule has 1 aromatic heterocycles. The average molecular weight is 435 g/mol. The molecule has 9 nitrogen and oxygen atoms in total. The highest BCUT2D eigenvalue weighted by Gasteiger charge is 2.44. The summed E-state index contributed by atoms with van der Waals surface area (Å²) < 4.78 is 4.89. The molecular formula is C23H25N5O4. The van der Waals surface area contributed by atoms with Crippen molar-refractivity contribution in [3.05, 3.63) is 86.2 Å². The topological polar surface area (TPSA) is 143 Å². The van der Waals surface area contributed by atoms with E-state index in [0.29, 0.717) is 42.8 Å². The molecule has 2 amide bonds. The van der Waals surface area contributed by atoms with Gasteiger partial charge in [0, 0.05) is 25.2 Å². The van der Waals surface area contributed by atoms with Crippen molar-refractivity contribution in [3.63, 3.8) is 0 Å². The first-order valence-electron chi connectivity index (χ1n) is 10.4. The lowest BCUT2D eigenvalue weighted by Crippen LogP contribution is -2.35. The predicted octanol–water partition coefficient (Wildman–Crippen LogP) is 0.864. The van der Waals surface area contributed by atoms with Gasteiger partial charge in [-0.2, -0.15) is 0 Å². The number of hydrogen-bond acceptors (Lipinski definition) is 6. The highest BCUT2D eigenvalue weighted by Crippen LogP contribution is 2.45. The smallest absolute Gasteiger partial charge is 0.355 e. The summed E-state index contributed by atoms with van der Waals surface area (Å²) in [4.78, 5) is 39.2. The van der Waals surface area contributed by atoms with Gasteiger partial charge in [-0.05, 0) is 72.3 Å². The predicted molar refractivity (Wildman–Crippen MR) is 118 cm³/mol. The van der Waals surface area contributed by atoms with Gasteiger partial charge >= 0.3 is 5.76 Å². The zero-order valence-electron chi connectivity index (χ0n) is 18.0. The maximum atomic E-state index is 12.3. The standard InChI is InChI=1S/C23H25N5O4/c1-25-19(29)15-5-7-17-13(11-15)3-4-14-12-16(20(30)26-2)6-8-18(14)23(17,9-10-24)21-27-22(31)32-28-21/h5-8,11-12H,3-4,9-10,24H2,1-2H3,(H,25,29)(H,26,30)(H,27,28,31). The number of amides is 2. The summed E-state index contributed by atoms with van der Waals surface area (Å²) in [6.07, 6.45) is 1.71. The molecule has 0 aliphatic heterocycles. The molecule has 2 aromatic carbocycles. The summed E-state index contributed by atoms with van der Waals surface area (Å²) in [6, 6.07) is 11.0. The summed E-state index contributed by atoms with van der Waals surface area (Å²) in [6.45, 7) is 0.308. The van der Waals surface area contributed by atoms with Crippen LogP contribution in [0.3, 0.4) is 0 Å². The van der Waals surface area contributed by atoms with E-state index in [0.717, 1.165) is 22.3 Å². The summed E-state index contributed by atoms with van der Waals surface area (Å²) in [7, 11) is 3.17. The van der Waals surface area contributed by atoms with Crippen LogP contribution in [0.1, 0.15) is 55.2 Å². The number of aromatic nitrogens is 2. The zero-order chi connectivity index (χ0) is 22.9. The third-order valence-electron chi connectivity index (χ3n) is 6.14. The number of aromatic amines is 1. The third-order valence-corrected chi connectivity index (χ3v) is 6.14. The number of nitrogens with one attached hydrogen (secondary N) is 3. The Morgan fingerprint density at radius 1 is 1.03 bits per heavy atom. The molecule has 0 radical (unpaired) electrons. The molecule has 1 aliphatic rings. The molecule has 0 saturated carbocycles. The van der Waals surface area contributed by atoms with Gasteiger partial charge in [0.25, 0.3) is 11.8 Å². The van der Waals surface area contributed by atoms with E-state index in [1.807, 2.05) is 24.3 Å². The lowest BCUT2D eigenvalue weighted by atomic mass is 9.69. The second kappa shape index (κ2) is 8.43. The van der Waals surface area contributed by atoms with Crippen molar-refractivity contribution in [2.24, 2.45) is 5.73 Å². The van der Waals surface area contributed by atoms with Gasteiger partial charge in [-0.15, -0.1) is 0 Å². The fourth-order valence-corrected chi connectivity index (χ4v) is 4.69. The average Bonchev–Trinajstić information content (AvgIpc) is 3.21. The van der Waals surface area contributed by atoms with E-state index in [-0.39, 0.29) is 11.8 Å². The summed E-state index contributed by atoms with van der Waals surface area (Å²) in [5.74, 6) is -0.683. The van der Waals surface area contributed by atoms with E-state index in [2.05, 4.69) is 20.8 Å². The van der Waals surface area contributed by atoms with Crippen LogP contribution in [0, 0.1) is 0 Å². The first-order chi connectivity index (χ1) is 15.4. The normalized spacial score (nSPS) is 14.1. The third kappa shape index (κ3) is 3.40. The quantitative estimate of drug-likeness (QED) is 0.468. The fourth-order valence-electron chi connectivity index (χ4n) is 4.69. The molecule has 3 aromatic rings. The van der Waals surface area contributed by atoms with Gasteiger partial charge in [0.1, 0.15) is 0 Å². The van der Waals surface area contributed by atoms with Crippen LogP contribution < -0.4 is 22.1 Å². The van der Waals surface area contributed by atoms with Crippen molar-refractivity contribution < 1.29 is 14.1 Å². The van der Waals surface area contributed by atoms with Crippen LogP contribution in [0.15, 0.2) is 45.7 Å². The Kier molecular flexibility index (Phi) is 5.67. The first kappa shape index (κ1) is 21.5. The lowest BCUT2D eigenvalue weighted by Gasteiger charge is -2.34. The van der Waals surface area contributed by atoms with Crippen LogP contribution in [0.25, 0.3) is 0 Å². The molecular weight excluding hydrogens is 410 g/mol. The van der Waals surface area contributed by atoms with E-state index in [1.54, 1.807) is 26.2 Å². The van der Waals surface area contributed by atoms with Crippen molar-refractivity contribution in [3.8, 4) is 0 Å². The summed E-state index contributed by atoms with van der Waals surface area (Å²) >= 11 is 0. The van der Waals surface area contributed by atoms with Gasteiger partial charge in [-0.25, -0.2) is 4.79 Å². The van der Waals surface area contributed by atoms with E-state index < -0.39 is 11.2 Å². The highest BCUT2D eigenvalue weighted by atomic mass is 16.5. The minimum atomic E-state index is -0.898. The van der Waals surface area contributed by atoms with E-state index in [1.165, 1.54) is 0 Å². The number of nitrogens with two attached hydrogens (primary N) is 1. The van der Waals surface area contributed by atoms with Crippen molar-refractivity contribution >= 4 is 11.8 Å². The molecule has 0 fully saturated rings. The van der Waals surface area contributed by atoms with Crippen LogP contribution in [0.2, 0.25) is 0 Å². The van der Waals surface area contributed by atoms with E-state index in [4.69, 9.17) is 10.3 Å². The van der Waals surface area contributed by atoms with Gasteiger partial charge in [-0.3, -0.25) is 19.1 Å². The Balaban J connectivity index is 2.03. The molecule has 0 atom stereocenters. The van der Waals surface area contributed by atoms with Crippen LogP contribution in [0.5, 0.6) is 0 Å². The number of nitrogens with zero attached hydrogens (tertiary/aromatic N) is 1. The number of carbonyl (C=O) groups excluding carboxylic acids is 2. The Morgan fingerprint density at radius 3 is 1.97 bits per heavy atom. The monoisotopic (exact) mass is 435 g/mol. The van der Waals surface area contributed by atoms with E-state index >= 15 is 0 Å². The summed E-state index contributed by atoms with van der Waals surface area (Å²) in [5, 5.41) is 9.36. The van der Waals surface area contributed by atoms with Gasteiger partial charge in [0.2, 0.25) is 0 Å². The van der Waals surface area contributed by atoms with Crippen molar-refractivity contribution in [2.75, 3.05) is 20.6 Å². The number of rotatable bonds is 5. The SMILES string of the molecule is CNC(=O)c1ccc2c(c1)CCc1cc(C(=O)NC)ccc1C2(CCN)c1noc(=O)[nH]1. The molecule has 0 saturated heterocycles. The molecule has 32 heavy (non-hydrogen) atoms. The maximum Gasteiger partial charge on any atom is 0.438 e. The van der Waals surface area contributed by atoms with Crippen LogP contribution in [-0.2, 0) is 18.3 Å². The number of hydrogen-bond donors (Lipinski definition) is 4. The van der Waals surface area contributed by atoms with Gasteiger partial charge in [0.05, 0.1) is 5.41 Å². The highest BCUT2D eigenvalue weighted by molar-refractivity contribution is 5.95. The van der Waals surface area contributed by atoms with Gasteiger partial charge < -0.3 is 16.4 Å². The van der Waals surface area contributed by atoms with Gasteiger partial charge in [0.15, 0.2) is 5.82 Å². The van der Waals surface area contributed by atoms with Crippen LogP contribution in [0.4, 0.5) is 0 Å². The van der Waals surface area contributed by atoms with Crippen LogP contribution in [-0.4, -0.2) is 42.6 Å². The largest absolute Gasteiger partial charge is 0.438 e. The molecule has 4 rings (SSSR count). The first-order valence-corrected chi connectivity index (χ1v) is 10.4. The number of carbonyl (C=O) groups is 2.